The summed E-state index contributed by atoms with van der Waals surface area (Å²) in [6, 6.07) is 19.7. The third-order valence-corrected chi connectivity index (χ3v) is 5.12. The van der Waals surface area contributed by atoms with E-state index in [1.165, 1.54) is 0 Å². The molecule has 0 bridgehead atoms. The fraction of sp³-hybridized carbons (Fsp3) is 0.167. The third kappa shape index (κ3) is 3.48. The van der Waals surface area contributed by atoms with Gasteiger partial charge in [0.1, 0.15) is 5.75 Å². The van der Waals surface area contributed by atoms with Crippen molar-refractivity contribution in [3.05, 3.63) is 83.4 Å². The van der Waals surface area contributed by atoms with Gasteiger partial charge >= 0.3 is 5.97 Å². The lowest BCUT2D eigenvalue weighted by atomic mass is 9.98. The number of hydrogen-bond acceptors (Lipinski definition) is 4. The van der Waals surface area contributed by atoms with Crippen LogP contribution in [0.4, 0.5) is 17.1 Å². The van der Waals surface area contributed by atoms with Gasteiger partial charge in [-0.05, 0) is 61.7 Å². The molecular formula is C24H22N2O4. The van der Waals surface area contributed by atoms with Crippen LogP contribution in [0.25, 0.3) is 0 Å². The van der Waals surface area contributed by atoms with Gasteiger partial charge in [0.05, 0.1) is 11.3 Å². The van der Waals surface area contributed by atoms with Crippen LogP contribution in [0.3, 0.4) is 0 Å². The highest BCUT2D eigenvalue weighted by atomic mass is 16.5. The van der Waals surface area contributed by atoms with Crippen molar-refractivity contribution >= 4 is 28.9 Å². The second kappa shape index (κ2) is 7.22. The van der Waals surface area contributed by atoms with Crippen LogP contribution in [0.2, 0.25) is 0 Å². The molecule has 1 aliphatic rings. The van der Waals surface area contributed by atoms with Crippen molar-refractivity contribution in [2.45, 2.75) is 25.9 Å². The molecule has 0 aliphatic carbocycles. The third-order valence-electron chi connectivity index (χ3n) is 5.12. The van der Waals surface area contributed by atoms with Gasteiger partial charge in [-0.25, -0.2) is 4.79 Å². The minimum absolute atomic E-state index is 0.192. The maximum atomic E-state index is 13.2. The van der Waals surface area contributed by atoms with Gasteiger partial charge in [-0.1, -0.05) is 30.3 Å². The minimum atomic E-state index is -1.05. The van der Waals surface area contributed by atoms with Crippen molar-refractivity contribution in [3.8, 4) is 5.75 Å². The fourth-order valence-electron chi connectivity index (χ4n) is 3.66. The van der Waals surface area contributed by atoms with E-state index in [2.05, 4.69) is 0 Å². The van der Waals surface area contributed by atoms with Crippen LogP contribution in [0.15, 0.2) is 66.7 Å². The van der Waals surface area contributed by atoms with Gasteiger partial charge in [-0.3, -0.25) is 9.69 Å². The standard InChI is InChI=1S/C24H22N2O4/c1-24(2)23(29)26(20-11-10-17(25)14-21(20)30-24)18-8-5-6-15(13-18)12-16-7-3-4-9-19(16)22(27)28/h3-11,13-14H,12,25H2,1-2H3,(H,27,28). The molecule has 0 aromatic heterocycles. The lowest BCUT2D eigenvalue weighted by Crippen LogP contribution is -2.50. The highest BCUT2D eigenvalue weighted by Gasteiger charge is 2.41. The zero-order valence-electron chi connectivity index (χ0n) is 16.8. The maximum Gasteiger partial charge on any atom is 0.335 e. The highest BCUT2D eigenvalue weighted by molar-refractivity contribution is 6.08. The quantitative estimate of drug-likeness (QED) is 0.631. The predicted octanol–water partition coefficient (Wildman–Crippen LogP) is 4.39. The summed E-state index contributed by atoms with van der Waals surface area (Å²) in [6.07, 6.45) is 0.437. The first-order valence-corrected chi connectivity index (χ1v) is 9.59. The topological polar surface area (TPSA) is 92.9 Å². The van der Waals surface area contributed by atoms with Gasteiger partial charge in [0, 0.05) is 17.4 Å². The van der Waals surface area contributed by atoms with E-state index in [9.17, 15) is 14.7 Å². The molecule has 0 radical (unpaired) electrons. The molecule has 3 N–H and O–H groups in total. The van der Waals surface area contributed by atoms with Crippen molar-refractivity contribution < 1.29 is 19.4 Å². The van der Waals surface area contributed by atoms with Crippen molar-refractivity contribution in [2.24, 2.45) is 0 Å². The molecule has 0 unspecified atom stereocenters. The number of carboxylic acids is 1. The van der Waals surface area contributed by atoms with Crippen molar-refractivity contribution in [1.82, 2.24) is 0 Å². The van der Waals surface area contributed by atoms with E-state index in [0.29, 0.717) is 34.8 Å². The average Bonchev–Trinajstić information content (AvgIpc) is 2.69. The molecule has 0 saturated carbocycles. The lowest BCUT2D eigenvalue weighted by Gasteiger charge is -2.39. The molecule has 1 aliphatic heterocycles. The summed E-state index contributed by atoms with van der Waals surface area (Å²) < 4.78 is 5.90. The Balaban J connectivity index is 1.76. The van der Waals surface area contributed by atoms with E-state index in [1.54, 1.807) is 55.1 Å². The van der Waals surface area contributed by atoms with E-state index in [1.807, 2.05) is 30.3 Å². The van der Waals surface area contributed by atoms with Gasteiger partial charge in [0.15, 0.2) is 5.60 Å². The SMILES string of the molecule is CC1(C)Oc2cc(N)ccc2N(c2cccc(Cc3ccccc3C(=O)O)c2)C1=O. The molecule has 3 aromatic carbocycles. The number of hydrogen-bond donors (Lipinski definition) is 2. The summed E-state index contributed by atoms with van der Waals surface area (Å²) in [4.78, 5) is 26.4. The van der Waals surface area contributed by atoms with E-state index in [0.717, 1.165) is 5.56 Å². The number of nitrogen functional groups attached to an aromatic ring is 1. The molecule has 0 fully saturated rings. The second-order valence-electron chi connectivity index (χ2n) is 7.79. The monoisotopic (exact) mass is 402 g/mol. The maximum absolute atomic E-state index is 13.2. The first-order valence-electron chi connectivity index (χ1n) is 9.59. The number of nitrogens with zero attached hydrogens (tertiary/aromatic N) is 1. The van der Waals surface area contributed by atoms with Crippen molar-refractivity contribution in [3.63, 3.8) is 0 Å². The van der Waals surface area contributed by atoms with E-state index in [-0.39, 0.29) is 11.5 Å². The second-order valence-corrected chi connectivity index (χ2v) is 7.79. The number of fused-ring (bicyclic) bond motifs is 1. The Bertz CT molecular complexity index is 1150. The number of aromatic carboxylic acids is 1. The molecule has 6 heteroatoms. The Hall–Kier alpha value is -3.80. The number of carbonyl (C=O) groups is 2. The van der Waals surface area contributed by atoms with E-state index < -0.39 is 11.6 Å². The molecule has 1 amide bonds. The fourth-order valence-corrected chi connectivity index (χ4v) is 3.66. The number of amides is 1. The number of rotatable bonds is 4. The predicted molar refractivity (Wildman–Crippen MR) is 115 cm³/mol. The number of carboxylic acid groups (broad SMARTS) is 1. The van der Waals surface area contributed by atoms with Crippen LogP contribution < -0.4 is 15.4 Å². The number of benzene rings is 3. The summed E-state index contributed by atoms with van der Waals surface area (Å²) in [5, 5.41) is 9.45. The summed E-state index contributed by atoms with van der Waals surface area (Å²) in [5.74, 6) is -0.609. The molecule has 3 aromatic rings. The smallest absolute Gasteiger partial charge is 0.335 e. The molecule has 0 atom stereocenters. The largest absolute Gasteiger partial charge is 0.478 e. The van der Waals surface area contributed by atoms with Crippen LogP contribution in [-0.2, 0) is 11.2 Å². The van der Waals surface area contributed by atoms with Gasteiger partial charge < -0.3 is 15.6 Å². The lowest BCUT2D eigenvalue weighted by molar-refractivity contribution is -0.131. The Morgan fingerprint density at radius 2 is 1.83 bits per heavy atom. The van der Waals surface area contributed by atoms with E-state index >= 15 is 0 Å². The minimum Gasteiger partial charge on any atom is -0.478 e. The zero-order valence-corrected chi connectivity index (χ0v) is 16.8. The normalized spacial score (nSPS) is 14.7. The van der Waals surface area contributed by atoms with Gasteiger partial charge in [-0.2, -0.15) is 0 Å². The number of nitrogens with two attached hydrogens (primary N) is 1. The molecule has 30 heavy (non-hydrogen) atoms. The summed E-state index contributed by atoms with van der Waals surface area (Å²) in [7, 11) is 0. The van der Waals surface area contributed by atoms with Crippen LogP contribution in [-0.4, -0.2) is 22.6 Å². The number of ether oxygens (including phenoxy) is 1. The molecule has 1 heterocycles. The summed E-state index contributed by atoms with van der Waals surface area (Å²) >= 11 is 0. The van der Waals surface area contributed by atoms with Gasteiger partial charge in [0.25, 0.3) is 5.91 Å². The van der Waals surface area contributed by atoms with Crippen LogP contribution in [0.5, 0.6) is 5.75 Å². The molecule has 0 saturated heterocycles. The van der Waals surface area contributed by atoms with Crippen LogP contribution in [0, 0.1) is 0 Å². The zero-order chi connectivity index (χ0) is 21.5. The van der Waals surface area contributed by atoms with Crippen molar-refractivity contribution in [2.75, 3.05) is 10.6 Å². The highest BCUT2D eigenvalue weighted by Crippen LogP contribution is 2.43. The molecule has 6 nitrogen and oxygen atoms in total. The van der Waals surface area contributed by atoms with Crippen molar-refractivity contribution in [1.29, 1.82) is 0 Å². The Morgan fingerprint density at radius 1 is 1.07 bits per heavy atom. The molecule has 152 valence electrons. The number of anilines is 3. The first kappa shape index (κ1) is 19.5. The molecular weight excluding hydrogens is 380 g/mol. The Labute approximate surface area is 174 Å². The van der Waals surface area contributed by atoms with Crippen LogP contribution in [0.1, 0.15) is 35.3 Å². The van der Waals surface area contributed by atoms with E-state index in [4.69, 9.17) is 10.5 Å². The summed E-state index contributed by atoms with van der Waals surface area (Å²) in [6.45, 7) is 3.45. The average molecular weight is 402 g/mol. The Kier molecular flexibility index (Phi) is 4.70. The summed E-state index contributed by atoms with van der Waals surface area (Å²) in [5.41, 5.74) is 8.60. The van der Waals surface area contributed by atoms with Crippen LogP contribution >= 0.6 is 0 Å². The van der Waals surface area contributed by atoms with Gasteiger partial charge in [-0.15, -0.1) is 0 Å². The Morgan fingerprint density at radius 3 is 2.60 bits per heavy atom. The first-order chi connectivity index (χ1) is 14.3. The number of carbonyl (C=O) groups excluding carboxylic acids is 1. The molecule has 0 spiro atoms. The van der Waals surface area contributed by atoms with Gasteiger partial charge in [0.2, 0.25) is 0 Å². The molecule has 4 rings (SSSR count).